The van der Waals surface area contributed by atoms with Crippen molar-refractivity contribution >= 4 is 24.0 Å². The van der Waals surface area contributed by atoms with Gasteiger partial charge in [-0.1, -0.05) is 62.0 Å². The molecule has 0 aromatic heterocycles. The van der Waals surface area contributed by atoms with Crippen LogP contribution in [0, 0.1) is 0 Å². The van der Waals surface area contributed by atoms with Gasteiger partial charge in [-0.3, -0.25) is 0 Å². The number of rotatable bonds is 2. The zero-order chi connectivity index (χ0) is 15.8. The lowest BCUT2D eigenvalue weighted by molar-refractivity contribution is 0.479. The Balaban J connectivity index is 1.89. The summed E-state index contributed by atoms with van der Waals surface area (Å²) in [5.74, 6) is 0.621. The lowest BCUT2D eigenvalue weighted by Crippen LogP contribution is -2.67. The fraction of sp³-hybridized carbons (Fsp3) is 0.238. The lowest BCUT2D eigenvalue weighted by Gasteiger charge is -2.43. The molecule has 1 N–H and O–H groups in total. The van der Waals surface area contributed by atoms with Gasteiger partial charge in [-0.05, 0) is 56.6 Å². The number of hydrogen-bond donors (Lipinski definition) is 1. The predicted molar refractivity (Wildman–Crippen MR) is 99.4 cm³/mol. The second-order valence-corrected chi connectivity index (χ2v) is 11.5. The lowest BCUT2D eigenvalue weighted by atomic mass is 9.92. The summed E-state index contributed by atoms with van der Waals surface area (Å²) in [6.45, 7) is 4.73. The smallest absolute Gasteiger partial charge is 0.125 e. The van der Waals surface area contributed by atoms with E-state index in [4.69, 9.17) is 0 Å². The largest absolute Gasteiger partial charge is 0.508 e. The van der Waals surface area contributed by atoms with Gasteiger partial charge < -0.3 is 5.11 Å². The quantitative estimate of drug-likeness (QED) is 0.712. The predicted octanol–water partition coefficient (Wildman–Crippen LogP) is 3.83. The minimum absolute atomic E-state index is 0.621. The van der Waals surface area contributed by atoms with Gasteiger partial charge in [-0.25, -0.2) is 0 Å². The summed E-state index contributed by atoms with van der Waals surface area (Å²) in [5, 5.41) is 13.5. The van der Waals surface area contributed by atoms with Crippen molar-refractivity contribution in [2.75, 3.05) is 0 Å². The molecule has 4 aliphatic rings. The molecule has 23 heavy (non-hydrogen) atoms. The SMILES string of the molecule is CC[Si]1(C)c2c(O)c1c(C1=CC=CC1)c1c2Cc2ccccc2-1. The average Bonchev–Trinajstić information content (AvgIpc) is 3.21. The Labute approximate surface area is 138 Å². The van der Waals surface area contributed by atoms with Crippen LogP contribution in [0.3, 0.4) is 0 Å². The van der Waals surface area contributed by atoms with Crippen molar-refractivity contribution in [1.82, 2.24) is 0 Å². The van der Waals surface area contributed by atoms with E-state index in [-0.39, 0.29) is 0 Å². The van der Waals surface area contributed by atoms with Crippen LogP contribution in [-0.2, 0) is 6.42 Å². The molecular formula is C21H20OSi. The Morgan fingerprint density at radius 1 is 1.13 bits per heavy atom. The number of fused-ring (bicyclic) bond motifs is 1. The summed E-state index contributed by atoms with van der Waals surface area (Å²) in [4.78, 5) is 0. The second-order valence-electron chi connectivity index (χ2n) is 7.17. The summed E-state index contributed by atoms with van der Waals surface area (Å²) in [6.07, 6.45) is 8.61. The molecule has 2 aromatic carbocycles. The van der Waals surface area contributed by atoms with Crippen molar-refractivity contribution in [1.29, 1.82) is 0 Å². The third-order valence-corrected chi connectivity index (χ3v) is 10.8. The number of hydrogen-bond acceptors (Lipinski definition) is 1. The Kier molecular flexibility index (Phi) is 2.48. The molecule has 1 unspecified atom stereocenters. The first-order chi connectivity index (χ1) is 11.2. The van der Waals surface area contributed by atoms with Gasteiger partial charge in [-0.2, -0.15) is 0 Å². The molecule has 0 saturated heterocycles. The molecule has 0 amide bonds. The molecule has 0 saturated carbocycles. The molecule has 114 valence electrons. The maximum atomic E-state index is 10.8. The van der Waals surface area contributed by atoms with E-state index in [1.807, 2.05) is 0 Å². The van der Waals surface area contributed by atoms with Gasteiger partial charge in [0.2, 0.25) is 0 Å². The first-order valence-corrected chi connectivity index (χ1v) is 11.2. The third kappa shape index (κ3) is 1.43. The summed E-state index contributed by atoms with van der Waals surface area (Å²) in [7, 11) is -1.65. The van der Waals surface area contributed by atoms with E-state index in [2.05, 4.69) is 56.0 Å². The van der Waals surface area contributed by atoms with Crippen LogP contribution in [0.25, 0.3) is 16.7 Å². The molecule has 2 aliphatic heterocycles. The Morgan fingerprint density at radius 2 is 1.96 bits per heavy atom. The zero-order valence-corrected chi connectivity index (χ0v) is 14.6. The molecule has 2 aliphatic carbocycles. The van der Waals surface area contributed by atoms with Crippen LogP contribution >= 0.6 is 0 Å². The first kappa shape index (κ1) is 13.4. The standard InChI is InChI=1S/C21H20OSi/c1-3-23(2)20-16-12-14-10-6-7-11-15(14)18(16)17(21(23)19(20)22)13-8-4-5-9-13/h4-8,10-11,22H,3,9,12H2,1-2H3. The molecule has 1 atom stereocenters. The number of benzene rings is 2. The maximum absolute atomic E-state index is 10.8. The van der Waals surface area contributed by atoms with Gasteiger partial charge >= 0.3 is 0 Å². The first-order valence-electron chi connectivity index (χ1n) is 8.54. The molecular weight excluding hydrogens is 296 g/mol. The maximum Gasteiger partial charge on any atom is 0.125 e. The van der Waals surface area contributed by atoms with Crippen LogP contribution in [0.4, 0.5) is 0 Å². The highest BCUT2D eigenvalue weighted by molar-refractivity contribution is 7.08. The Bertz CT molecular complexity index is 935. The minimum Gasteiger partial charge on any atom is -0.508 e. The topological polar surface area (TPSA) is 20.2 Å². The third-order valence-electron chi connectivity index (χ3n) is 6.13. The summed E-state index contributed by atoms with van der Waals surface area (Å²) >= 11 is 0. The van der Waals surface area contributed by atoms with Crippen LogP contribution in [0.5, 0.6) is 5.75 Å². The number of allylic oxidation sites excluding steroid dienone is 4. The summed E-state index contributed by atoms with van der Waals surface area (Å²) in [6, 6.07) is 9.96. The summed E-state index contributed by atoms with van der Waals surface area (Å²) < 4.78 is 0. The molecule has 2 bridgehead atoms. The van der Waals surface area contributed by atoms with Crippen LogP contribution in [0.2, 0.25) is 12.6 Å². The normalized spacial score (nSPS) is 22.6. The molecule has 2 heterocycles. The molecule has 0 radical (unpaired) electrons. The molecule has 2 heteroatoms. The van der Waals surface area contributed by atoms with Crippen molar-refractivity contribution in [3.05, 3.63) is 59.2 Å². The minimum atomic E-state index is -1.65. The van der Waals surface area contributed by atoms with Crippen molar-refractivity contribution in [3.63, 3.8) is 0 Å². The molecule has 1 nitrogen and oxygen atoms in total. The van der Waals surface area contributed by atoms with Gasteiger partial charge in [0.1, 0.15) is 13.8 Å². The number of aromatic hydroxyl groups is 1. The summed E-state index contributed by atoms with van der Waals surface area (Å²) in [5.41, 5.74) is 8.43. The van der Waals surface area contributed by atoms with Gasteiger partial charge in [0.15, 0.2) is 0 Å². The van der Waals surface area contributed by atoms with Gasteiger partial charge in [0.05, 0.1) is 0 Å². The van der Waals surface area contributed by atoms with Gasteiger partial charge in [0.25, 0.3) is 0 Å². The van der Waals surface area contributed by atoms with E-state index in [0.29, 0.717) is 5.75 Å². The molecule has 2 aromatic rings. The fourth-order valence-corrected chi connectivity index (χ4v) is 8.65. The van der Waals surface area contributed by atoms with Crippen molar-refractivity contribution in [3.8, 4) is 16.9 Å². The van der Waals surface area contributed by atoms with E-state index >= 15 is 0 Å². The van der Waals surface area contributed by atoms with Crippen molar-refractivity contribution < 1.29 is 5.11 Å². The fourth-order valence-electron chi connectivity index (χ4n) is 4.87. The second kappa shape index (κ2) is 4.27. The average molecular weight is 316 g/mol. The van der Waals surface area contributed by atoms with E-state index in [1.54, 1.807) is 0 Å². The molecule has 6 rings (SSSR count). The van der Waals surface area contributed by atoms with Crippen LogP contribution in [-0.4, -0.2) is 13.2 Å². The van der Waals surface area contributed by atoms with Gasteiger partial charge in [-0.15, -0.1) is 0 Å². The molecule has 0 fully saturated rings. The van der Waals surface area contributed by atoms with E-state index in [1.165, 1.54) is 49.8 Å². The van der Waals surface area contributed by atoms with E-state index in [9.17, 15) is 5.11 Å². The van der Waals surface area contributed by atoms with Gasteiger partial charge in [0, 0.05) is 0 Å². The van der Waals surface area contributed by atoms with Crippen LogP contribution in [0.15, 0.2) is 42.5 Å². The van der Waals surface area contributed by atoms with Crippen molar-refractivity contribution in [2.24, 2.45) is 0 Å². The monoisotopic (exact) mass is 316 g/mol. The Hall–Kier alpha value is -2.06. The van der Waals surface area contributed by atoms with Crippen LogP contribution < -0.4 is 10.4 Å². The number of phenols is 1. The van der Waals surface area contributed by atoms with Crippen LogP contribution in [0.1, 0.15) is 30.0 Å². The van der Waals surface area contributed by atoms with E-state index < -0.39 is 8.07 Å². The highest BCUT2D eigenvalue weighted by atomic mass is 28.3. The number of phenolic OH excluding ortho intramolecular Hbond substituents is 1. The zero-order valence-electron chi connectivity index (χ0n) is 13.6. The highest BCUT2D eigenvalue weighted by Crippen LogP contribution is 2.48. The van der Waals surface area contributed by atoms with E-state index in [0.717, 1.165) is 12.8 Å². The highest BCUT2D eigenvalue weighted by Gasteiger charge is 2.51. The Morgan fingerprint density at radius 3 is 2.70 bits per heavy atom. The molecule has 0 spiro atoms. The van der Waals surface area contributed by atoms with Crippen molar-refractivity contribution in [2.45, 2.75) is 32.4 Å².